The molecule has 0 fully saturated rings. The Hall–Kier alpha value is -0.160. The van der Waals surface area contributed by atoms with Gasteiger partial charge in [0.25, 0.3) is 0 Å². The maximum absolute atomic E-state index is 4.03. The van der Waals surface area contributed by atoms with E-state index in [0.717, 1.165) is 8.58 Å². The normalized spacial score (nSPS) is 15.5. The van der Waals surface area contributed by atoms with Crippen LogP contribution in [0.1, 0.15) is 20.8 Å². The van der Waals surface area contributed by atoms with Crippen molar-refractivity contribution in [3.63, 3.8) is 0 Å². The van der Waals surface area contributed by atoms with E-state index in [-0.39, 0.29) is 5.41 Å². The van der Waals surface area contributed by atoms with Crippen molar-refractivity contribution in [1.29, 1.82) is 0 Å². The van der Waals surface area contributed by atoms with Crippen LogP contribution in [0.4, 0.5) is 0 Å². The van der Waals surface area contributed by atoms with Crippen molar-refractivity contribution in [1.82, 2.24) is 0 Å². The number of hydrogen-bond acceptors (Lipinski definition) is 1. The van der Waals surface area contributed by atoms with Gasteiger partial charge in [-0.05, 0) is 17.7 Å². The molecule has 0 spiro atoms. The Kier molecular flexibility index (Phi) is 4.60. The number of rotatable bonds is 2. The van der Waals surface area contributed by atoms with E-state index in [1.54, 1.807) is 0 Å². The number of allylic oxidation sites excluding steroid dienone is 1. The molecule has 0 aromatic heterocycles. The molecule has 0 aliphatic carbocycles. The average molecular weight is 171 g/mol. The maximum Gasteiger partial charge on any atom is 0.0277 e. The molecule has 0 radical (unpaired) electrons. The molecule has 0 aromatic carbocycles. The Labute approximate surface area is 71.8 Å². The minimum Gasteiger partial charge on any atom is -0.296 e. The lowest BCUT2D eigenvalue weighted by molar-refractivity contribution is 0.527. The second kappa shape index (κ2) is 4.66. The summed E-state index contributed by atoms with van der Waals surface area (Å²) in [5.74, 6) is 2.26. The first-order chi connectivity index (χ1) is 5.02. The topological polar surface area (TPSA) is 12.4 Å². The lowest BCUT2D eigenvalue weighted by Gasteiger charge is -2.19. The fraction of sp³-hybridized carbons (Fsp3) is 0.667. The van der Waals surface area contributed by atoms with Crippen LogP contribution in [0.3, 0.4) is 0 Å². The van der Waals surface area contributed by atoms with Gasteiger partial charge < -0.3 is 0 Å². The van der Waals surface area contributed by atoms with Gasteiger partial charge >= 0.3 is 0 Å². The van der Waals surface area contributed by atoms with E-state index >= 15 is 0 Å². The van der Waals surface area contributed by atoms with Gasteiger partial charge in [0.1, 0.15) is 0 Å². The van der Waals surface area contributed by atoms with Crippen LogP contribution in [-0.2, 0) is 0 Å². The lowest BCUT2D eigenvalue weighted by Crippen LogP contribution is -2.09. The van der Waals surface area contributed by atoms with Gasteiger partial charge in [0.2, 0.25) is 0 Å². The van der Waals surface area contributed by atoms with E-state index in [1.165, 1.54) is 5.57 Å². The number of aliphatic imine (C=N–C) groups is 1. The highest BCUT2D eigenvalue weighted by molar-refractivity contribution is 7.40. The Balaban J connectivity index is 4.48. The second-order valence-electron chi connectivity index (χ2n) is 3.53. The van der Waals surface area contributed by atoms with Crippen LogP contribution in [0.15, 0.2) is 16.4 Å². The molecule has 0 N–H and O–H groups in total. The molecule has 64 valence electrons. The van der Waals surface area contributed by atoms with Gasteiger partial charge in [-0.3, -0.25) is 4.99 Å². The summed E-state index contributed by atoms with van der Waals surface area (Å²) in [5.41, 5.74) is 1.57. The molecule has 0 amide bonds. The van der Waals surface area contributed by atoms with Crippen LogP contribution in [0, 0.1) is 5.41 Å². The Morgan fingerprint density at radius 2 is 1.91 bits per heavy atom. The molecule has 0 rings (SSSR count). The summed E-state index contributed by atoms with van der Waals surface area (Å²) in [5, 5.41) is 0. The standard InChI is InChI=1S/C9H18NP/c1-9(2,3)8(6-10-4)7-11-5/h6-7,11H,1-5H3/b8-7+,10-6?. The number of nitrogens with zero attached hydrogens (tertiary/aromatic N) is 1. The van der Waals surface area contributed by atoms with Gasteiger partial charge in [-0.15, -0.1) is 8.58 Å². The van der Waals surface area contributed by atoms with Crippen LogP contribution in [0.5, 0.6) is 0 Å². The lowest BCUT2D eigenvalue weighted by atomic mass is 9.88. The summed E-state index contributed by atoms with van der Waals surface area (Å²) in [6.07, 6.45) is 1.95. The largest absolute Gasteiger partial charge is 0.296 e. The van der Waals surface area contributed by atoms with E-state index in [9.17, 15) is 0 Å². The summed E-state index contributed by atoms with van der Waals surface area (Å²) in [6.45, 7) is 8.80. The third kappa shape index (κ3) is 4.31. The molecule has 0 aliphatic rings. The van der Waals surface area contributed by atoms with E-state index in [4.69, 9.17) is 0 Å². The third-order valence-corrected chi connectivity index (χ3v) is 2.03. The highest BCUT2D eigenvalue weighted by Gasteiger charge is 2.13. The second-order valence-corrected chi connectivity index (χ2v) is 4.39. The smallest absolute Gasteiger partial charge is 0.0277 e. The molecule has 0 aliphatic heterocycles. The van der Waals surface area contributed by atoms with E-state index < -0.39 is 0 Å². The predicted molar refractivity (Wildman–Crippen MR) is 56.2 cm³/mol. The summed E-state index contributed by atoms with van der Waals surface area (Å²) < 4.78 is 0. The van der Waals surface area contributed by atoms with Gasteiger partial charge in [0.05, 0.1) is 0 Å². The highest BCUT2D eigenvalue weighted by Crippen LogP contribution is 2.26. The van der Waals surface area contributed by atoms with Gasteiger partial charge in [-0.1, -0.05) is 26.6 Å². The average Bonchev–Trinajstić information content (AvgIpc) is 1.85. The van der Waals surface area contributed by atoms with E-state index in [0.29, 0.717) is 0 Å². The Bertz CT molecular complexity index is 163. The molecule has 0 aromatic rings. The molecular weight excluding hydrogens is 153 g/mol. The summed E-state index contributed by atoms with van der Waals surface area (Å²) in [7, 11) is 2.69. The van der Waals surface area contributed by atoms with E-state index in [2.05, 4.69) is 38.2 Å². The van der Waals surface area contributed by atoms with Crippen molar-refractivity contribution in [3.05, 3.63) is 11.4 Å². The SMILES string of the molecule is CN=C/C(=C\PC)C(C)(C)C. The molecule has 0 bridgehead atoms. The first-order valence-corrected chi connectivity index (χ1v) is 5.40. The van der Waals surface area contributed by atoms with Crippen molar-refractivity contribution in [3.8, 4) is 0 Å². The van der Waals surface area contributed by atoms with Crippen LogP contribution >= 0.6 is 8.58 Å². The maximum atomic E-state index is 4.03. The van der Waals surface area contributed by atoms with E-state index in [1.807, 2.05) is 13.3 Å². The minimum atomic E-state index is 0.239. The molecule has 0 saturated carbocycles. The van der Waals surface area contributed by atoms with Crippen molar-refractivity contribution in [2.75, 3.05) is 13.7 Å². The van der Waals surface area contributed by atoms with Crippen molar-refractivity contribution in [2.24, 2.45) is 10.4 Å². The van der Waals surface area contributed by atoms with Crippen molar-refractivity contribution < 1.29 is 0 Å². The zero-order valence-corrected chi connectivity index (χ0v) is 9.10. The fourth-order valence-corrected chi connectivity index (χ4v) is 1.56. The van der Waals surface area contributed by atoms with Gasteiger partial charge in [-0.25, -0.2) is 0 Å². The molecule has 2 heteroatoms. The fourth-order valence-electron chi connectivity index (χ4n) is 0.742. The Morgan fingerprint density at radius 3 is 2.18 bits per heavy atom. The predicted octanol–water partition coefficient (Wildman–Crippen LogP) is 2.93. The van der Waals surface area contributed by atoms with Crippen molar-refractivity contribution in [2.45, 2.75) is 20.8 Å². The Morgan fingerprint density at radius 1 is 1.36 bits per heavy atom. The summed E-state index contributed by atoms with van der Waals surface area (Å²) >= 11 is 0. The third-order valence-electron chi connectivity index (χ3n) is 1.43. The molecule has 1 nitrogen and oxygen atoms in total. The van der Waals surface area contributed by atoms with Crippen LogP contribution in [0.2, 0.25) is 0 Å². The molecular formula is C9H18NP. The molecule has 11 heavy (non-hydrogen) atoms. The first-order valence-electron chi connectivity index (χ1n) is 3.82. The van der Waals surface area contributed by atoms with Crippen molar-refractivity contribution >= 4 is 14.8 Å². The summed E-state index contributed by atoms with van der Waals surface area (Å²) in [4.78, 5) is 4.03. The molecule has 1 atom stereocenters. The summed E-state index contributed by atoms with van der Waals surface area (Å²) in [6, 6.07) is 0. The minimum absolute atomic E-state index is 0.239. The van der Waals surface area contributed by atoms with Crippen LogP contribution < -0.4 is 0 Å². The molecule has 0 saturated heterocycles. The van der Waals surface area contributed by atoms with Gasteiger partial charge in [0, 0.05) is 13.3 Å². The zero-order valence-electron chi connectivity index (χ0n) is 8.10. The highest BCUT2D eigenvalue weighted by atomic mass is 31.1. The van der Waals surface area contributed by atoms with Gasteiger partial charge in [-0.2, -0.15) is 0 Å². The monoisotopic (exact) mass is 171 g/mol. The van der Waals surface area contributed by atoms with Crippen LogP contribution in [-0.4, -0.2) is 19.9 Å². The number of hydrogen-bond donors (Lipinski definition) is 0. The zero-order chi connectivity index (χ0) is 8.91. The quantitative estimate of drug-likeness (QED) is 0.447. The van der Waals surface area contributed by atoms with Gasteiger partial charge in [0.15, 0.2) is 0 Å². The first kappa shape index (κ1) is 10.8. The van der Waals surface area contributed by atoms with Crippen LogP contribution in [0.25, 0.3) is 0 Å². The molecule has 0 heterocycles. The molecule has 1 unspecified atom stereocenters.